The standard InChI is InChI=1S/C15H17N3O4/c1-9-16-17-14(21-9)5-12-4-11-6-18(7-13(11)22-12)15(19)10-2-3-20-8-10/h2-3,8,11-13H,4-7H2,1H3/t11-,12+,13+/m1/s1. The van der Waals surface area contributed by atoms with Gasteiger partial charge in [0.05, 0.1) is 30.5 Å². The zero-order valence-electron chi connectivity index (χ0n) is 12.3. The van der Waals surface area contributed by atoms with Crippen LogP contribution in [-0.4, -0.2) is 46.3 Å². The number of aryl methyl sites for hydroxylation is 1. The number of amides is 1. The molecule has 2 aliphatic heterocycles. The predicted molar refractivity (Wildman–Crippen MR) is 74.1 cm³/mol. The molecular weight excluding hydrogens is 286 g/mol. The van der Waals surface area contributed by atoms with Crippen molar-refractivity contribution in [1.29, 1.82) is 0 Å². The molecule has 0 bridgehead atoms. The Morgan fingerprint density at radius 2 is 2.32 bits per heavy atom. The van der Waals surface area contributed by atoms with Crippen LogP contribution >= 0.6 is 0 Å². The van der Waals surface area contributed by atoms with E-state index in [1.807, 2.05) is 4.90 Å². The Labute approximate surface area is 127 Å². The number of ether oxygens (including phenoxy) is 1. The van der Waals surface area contributed by atoms with Gasteiger partial charge in [-0.25, -0.2) is 0 Å². The van der Waals surface area contributed by atoms with E-state index in [4.69, 9.17) is 13.6 Å². The van der Waals surface area contributed by atoms with E-state index in [0.717, 1.165) is 13.0 Å². The smallest absolute Gasteiger partial charge is 0.257 e. The number of furan rings is 1. The van der Waals surface area contributed by atoms with Crippen LogP contribution in [0.5, 0.6) is 0 Å². The maximum Gasteiger partial charge on any atom is 0.257 e. The molecule has 2 aromatic rings. The number of fused-ring (bicyclic) bond motifs is 1. The fourth-order valence-electron chi connectivity index (χ4n) is 3.34. The van der Waals surface area contributed by atoms with Crippen LogP contribution in [-0.2, 0) is 11.2 Å². The number of hydrogen-bond donors (Lipinski definition) is 0. The average molecular weight is 303 g/mol. The fourth-order valence-corrected chi connectivity index (χ4v) is 3.34. The van der Waals surface area contributed by atoms with Crippen molar-refractivity contribution in [2.45, 2.75) is 32.0 Å². The highest BCUT2D eigenvalue weighted by atomic mass is 16.5. The second-order valence-corrected chi connectivity index (χ2v) is 5.93. The molecule has 1 amide bonds. The summed E-state index contributed by atoms with van der Waals surface area (Å²) in [5.74, 6) is 1.58. The molecule has 0 aliphatic carbocycles. The van der Waals surface area contributed by atoms with Crippen molar-refractivity contribution in [3.8, 4) is 0 Å². The molecule has 0 N–H and O–H groups in total. The molecule has 4 heterocycles. The molecule has 3 atom stereocenters. The topological polar surface area (TPSA) is 81.6 Å². The van der Waals surface area contributed by atoms with Crippen molar-refractivity contribution in [3.63, 3.8) is 0 Å². The van der Waals surface area contributed by atoms with Crippen LogP contribution in [0.1, 0.15) is 28.6 Å². The number of nitrogens with zero attached hydrogens (tertiary/aromatic N) is 3. The molecule has 2 aliphatic rings. The van der Waals surface area contributed by atoms with Crippen LogP contribution in [0.25, 0.3) is 0 Å². The van der Waals surface area contributed by atoms with Gasteiger partial charge in [-0.2, -0.15) is 0 Å². The molecule has 4 rings (SSSR count). The van der Waals surface area contributed by atoms with E-state index in [-0.39, 0.29) is 18.1 Å². The van der Waals surface area contributed by atoms with E-state index in [9.17, 15) is 4.79 Å². The van der Waals surface area contributed by atoms with E-state index in [0.29, 0.717) is 36.2 Å². The monoisotopic (exact) mass is 303 g/mol. The van der Waals surface area contributed by atoms with Gasteiger partial charge in [0.1, 0.15) is 6.26 Å². The second-order valence-electron chi connectivity index (χ2n) is 5.93. The van der Waals surface area contributed by atoms with Crippen molar-refractivity contribution in [3.05, 3.63) is 35.9 Å². The lowest BCUT2D eigenvalue weighted by Gasteiger charge is -2.18. The number of rotatable bonds is 3. The molecule has 0 saturated carbocycles. The van der Waals surface area contributed by atoms with Crippen LogP contribution in [0.3, 0.4) is 0 Å². The molecule has 7 heteroatoms. The summed E-state index contributed by atoms with van der Waals surface area (Å²) < 4.78 is 16.4. The van der Waals surface area contributed by atoms with E-state index in [2.05, 4.69) is 10.2 Å². The summed E-state index contributed by atoms with van der Waals surface area (Å²) in [6.45, 7) is 3.14. The Morgan fingerprint density at radius 3 is 3.00 bits per heavy atom. The molecule has 2 aromatic heterocycles. The number of carbonyl (C=O) groups excluding carboxylic acids is 1. The number of carbonyl (C=O) groups is 1. The zero-order chi connectivity index (χ0) is 15.1. The summed E-state index contributed by atoms with van der Waals surface area (Å²) in [5.41, 5.74) is 0.595. The van der Waals surface area contributed by atoms with E-state index in [1.165, 1.54) is 12.5 Å². The molecule has 0 radical (unpaired) electrons. The molecule has 0 aromatic carbocycles. The van der Waals surface area contributed by atoms with Gasteiger partial charge in [-0.3, -0.25) is 4.79 Å². The highest BCUT2D eigenvalue weighted by Crippen LogP contribution is 2.34. The first kappa shape index (κ1) is 13.5. The molecule has 2 saturated heterocycles. The van der Waals surface area contributed by atoms with Gasteiger partial charge in [-0.05, 0) is 12.5 Å². The van der Waals surface area contributed by atoms with Crippen LogP contribution in [0.15, 0.2) is 27.4 Å². The average Bonchev–Trinajstić information content (AvgIpc) is 3.21. The lowest BCUT2D eigenvalue weighted by atomic mass is 10.0. The Kier molecular flexibility index (Phi) is 3.22. The van der Waals surface area contributed by atoms with Gasteiger partial charge in [0.25, 0.3) is 5.91 Å². The van der Waals surface area contributed by atoms with Crippen LogP contribution in [0, 0.1) is 12.8 Å². The van der Waals surface area contributed by atoms with Gasteiger partial charge in [-0.15, -0.1) is 10.2 Å². The van der Waals surface area contributed by atoms with Crippen molar-refractivity contribution in [2.24, 2.45) is 5.92 Å². The summed E-state index contributed by atoms with van der Waals surface area (Å²) >= 11 is 0. The largest absolute Gasteiger partial charge is 0.472 e. The lowest BCUT2D eigenvalue weighted by Crippen LogP contribution is -2.31. The van der Waals surface area contributed by atoms with Gasteiger partial charge in [0.15, 0.2) is 0 Å². The number of hydrogen-bond acceptors (Lipinski definition) is 6. The van der Waals surface area contributed by atoms with Crippen LogP contribution < -0.4 is 0 Å². The third kappa shape index (κ3) is 2.41. The molecule has 0 spiro atoms. The van der Waals surface area contributed by atoms with Gasteiger partial charge < -0.3 is 18.5 Å². The summed E-state index contributed by atoms with van der Waals surface area (Å²) in [4.78, 5) is 14.1. The lowest BCUT2D eigenvalue weighted by molar-refractivity contribution is 0.0335. The Balaban J connectivity index is 1.35. The number of likely N-dealkylation sites (tertiary alicyclic amines) is 1. The SMILES string of the molecule is Cc1nnc(C[C@@H]2C[C@@H]3CN(C(=O)c4ccoc4)C[C@@H]3O2)o1. The minimum absolute atomic E-state index is 0.0100. The van der Waals surface area contributed by atoms with E-state index in [1.54, 1.807) is 13.0 Å². The Hall–Kier alpha value is -2.15. The molecular formula is C15H17N3O4. The summed E-state index contributed by atoms with van der Waals surface area (Å²) in [6, 6.07) is 1.69. The van der Waals surface area contributed by atoms with Gasteiger partial charge >= 0.3 is 0 Å². The first-order valence-corrected chi connectivity index (χ1v) is 7.45. The summed E-state index contributed by atoms with van der Waals surface area (Å²) in [6.07, 6.45) is 4.76. The summed E-state index contributed by atoms with van der Waals surface area (Å²) in [5, 5.41) is 7.84. The fraction of sp³-hybridized carbons (Fsp3) is 0.533. The number of aromatic nitrogens is 2. The van der Waals surface area contributed by atoms with Crippen LogP contribution in [0.2, 0.25) is 0 Å². The normalized spacial score (nSPS) is 27.3. The van der Waals surface area contributed by atoms with Crippen molar-refractivity contribution >= 4 is 5.91 Å². The van der Waals surface area contributed by atoms with Gasteiger partial charge in [0.2, 0.25) is 11.8 Å². The molecule has 7 nitrogen and oxygen atoms in total. The predicted octanol–water partition coefficient (Wildman–Crippen LogP) is 1.44. The quantitative estimate of drug-likeness (QED) is 0.853. The minimum Gasteiger partial charge on any atom is -0.472 e. The first-order chi connectivity index (χ1) is 10.7. The zero-order valence-corrected chi connectivity index (χ0v) is 12.3. The van der Waals surface area contributed by atoms with E-state index >= 15 is 0 Å². The molecule has 2 fully saturated rings. The van der Waals surface area contributed by atoms with Gasteiger partial charge in [0, 0.05) is 25.9 Å². The highest BCUT2D eigenvalue weighted by molar-refractivity contribution is 5.94. The Bertz CT molecular complexity index is 652. The highest BCUT2D eigenvalue weighted by Gasteiger charge is 2.43. The van der Waals surface area contributed by atoms with Crippen molar-refractivity contribution in [2.75, 3.05) is 13.1 Å². The summed E-state index contributed by atoms with van der Waals surface area (Å²) in [7, 11) is 0. The maximum absolute atomic E-state index is 12.3. The molecule has 116 valence electrons. The Morgan fingerprint density at radius 1 is 1.41 bits per heavy atom. The molecule has 22 heavy (non-hydrogen) atoms. The van der Waals surface area contributed by atoms with Crippen LogP contribution in [0.4, 0.5) is 0 Å². The van der Waals surface area contributed by atoms with Gasteiger partial charge in [-0.1, -0.05) is 0 Å². The van der Waals surface area contributed by atoms with E-state index < -0.39 is 0 Å². The van der Waals surface area contributed by atoms with Crippen molar-refractivity contribution in [1.82, 2.24) is 15.1 Å². The minimum atomic E-state index is 0.0100. The third-order valence-corrected chi connectivity index (χ3v) is 4.34. The third-order valence-electron chi connectivity index (χ3n) is 4.34. The maximum atomic E-state index is 12.3. The van der Waals surface area contributed by atoms with Crippen molar-refractivity contribution < 1.29 is 18.4 Å². The second kappa shape index (κ2) is 5.24. The molecule has 0 unspecified atom stereocenters. The first-order valence-electron chi connectivity index (χ1n) is 7.45.